The number of aliphatic hydroxyl groups excluding tert-OH is 1. The van der Waals surface area contributed by atoms with Gasteiger partial charge in [-0.2, -0.15) is 0 Å². The van der Waals surface area contributed by atoms with Gasteiger partial charge in [0.25, 0.3) is 0 Å². The molecule has 4 heterocycles. The number of para-hydroxylation sites is 1. The van der Waals surface area contributed by atoms with Gasteiger partial charge in [0.15, 0.2) is 6.23 Å². The average Bonchev–Trinajstić information content (AvgIpc) is 3.09. The summed E-state index contributed by atoms with van der Waals surface area (Å²) in [7, 11) is 0. The Morgan fingerprint density at radius 2 is 2.00 bits per heavy atom. The Bertz CT molecular complexity index is 1140. The number of nitrogens with two attached hydrogens (primary N) is 1. The number of thiophene rings is 1. The summed E-state index contributed by atoms with van der Waals surface area (Å²) >= 11 is 1.46. The molecule has 5 rings (SSSR count). The van der Waals surface area contributed by atoms with Crippen molar-refractivity contribution in [3.8, 4) is 11.3 Å². The van der Waals surface area contributed by atoms with Crippen molar-refractivity contribution in [3.63, 3.8) is 0 Å². The lowest BCUT2D eigenvalue weighted by molar-refractivity contribution is 0.173. The molecular weight excluding hydrogens is 368 g/mol. The van der Waals surface area contributed by atoms with Gasteiger partial charge in [-0.1, -0.05) is 18.2 Å². The highest BCUT2D eigenvalue weighted by atomic mass is 32.1. The first-order valence-corrected chi connectivity index (χ1v) is 10.2. The Kier molecular flexibility index (Phi) is 4.22. The van der Waals surface area contributed by atoms with Crippen LogP contribution in [0.2, 0.25) is 0 Å². The van der Waals surface area contributed by atoms with Gasteiger partial charge in [-0.15, -0.1) is 11.3 Å². The molecule has 0 amide bonds. The molecule has 0 saturated carbocycles. The van der Waals surface area contributed by atoms with E-state index in [-0.39, 0.29) is 0 Å². The number of fused-ring (bicyclic) bond motifs is 2. The molecule has 28 heavy (non-hydrogen) atoms. The fraction of sp³-hybridized carbons (Fsp3) is 0.182. The lowest BCUT2D eigenvalue weighted by Gasteiger charge is -2.34. The molecule has 0 radical (unpaired) electrons. The number of aryl methyl sites for hydroxylation is 1. The maximum Gasteiger partial charge on any atom is 0.164 e. The van der Waals surface area contributed by atoms with Crippen molar-refractivity contribution in [2.45, 2.75) is 19.1 Å². The molecule has 140 valence electrons. The topological polar surface area (TPSA) is 75.3 Å². The smallest absolute Gasteiger partial charge is 0.164 e. The summed E-state index contributed by atoms with van der Waals surface area (Å²) in [6, 6.07) is 16.1. The van der Waals surface area contributed by atoms with E-state index in [0.717, 1.165) is 51.4 Å². The van der Waals surface area contributed by atoms with Crippen molar-refractivity contribution >= 4 is 32.9 Å². The molecule has 0 bridgehead atoms. The van der Waals surface area contributed by atoms with Crippen LogP contribution in [-0.4, -0.2) is 21.6 Å². The molecule has 3 N–H and O–H groups in total. The highest BCUT2D eigenvalue weighted by Crippen LogP contribution is 2.41. The molecule has 1 unspecified atom stereocenters. The van der Waals surface area contributed by atoms with E-state index in [1.165, 1.54) is 16.9 Å². The normalized spacial score (nSPS) is 14.8. The van der Waals surface area contributed by atoms with Crippen LogP contribution in [0.4, 0.5) is 11.4 Å². The van der Waals surface area contributed by atoms with Crippen molar-refractivity contribution in [3.05, 3.63) is 71.4 Å². The second-order valence-electron chi connectivity index (χ2n) is 6.97. The first-order valence-electron chi connectivity index (χ1n) is 9.34. The maximum absolute atomic E-state index is 11.2. The number of aromatic nitrogens is 2. The second-order valence-corrected chi connectivity index (χ2v) is 8.00. The fourth-order valence-electron chi connectivity index (χ4n) is 3.84. The van der Waals surface area contributed by atoms with E-state index in [0.29, 0.717) is 5.69 Å². The molecule has 1 aliphatic rings. The first-order chi connectivity index (χ1) is 13.7. The molecule has 6 heteroatoms. The van der Waals surface area contributed by atoms with E-state index in [1.54, 1.807) is 12.4 Å². The van der Waals surface area contributed by atoms with Crippen molar-refractivity contribution in [2.75, 3.05) is 17.2 Å². The summed E-state index contributed by atoms with van der Waals surface area (Å²) in [5.74, 6) is 0. The van der Waals surface area contributed by atoms with Crippen LogP contribution >= 0.6 is 11.3 Å². The summed E-state index contributed by atoms with van der Waals surface area (Å²) in [4.78, 5) is 12.6. The van der Waals surface area contributed by atoms with Gasteiger partial charge >= 0.3 is 0 Å². The Balaban J connectivity index is 1.55. The maximum atomic E-state index is 11.2. The van der Waals surface area contributed by atoms with Crippen molar-refractivity contribution < 1.29 is 5.11 Å². The summed E-state index contributed by atoms with van der Waals surface area (Å²) in [5, 5.41) is 12.1. The molecular formula is C22H20N4OS. The van der Waals surface area contributed by atoms with E-state index in [1.807, 2.05) is 41.3 Å². The zero-order valence-corrected chi connectivity index (χ0v) is 16.1. The molecule has 0 saturated heterocycles. The first kappa shape index (κ1) is 17.2. The highest BCUT2D eigenvalue weighted by molar-refractivity contribution is 7.19. The molecule has 1 atom stereocenters. The third kappa shape index (κ3) is 2.82. The van der Waals surface area contributed by atoms with Gasteiger partial charge in [0, 0.05) is 35.6 Å². The summed E-state index contributed by atoms with van der Waals surface area (Å²) in [5.41, 5.74) is 11.2. The summed E-state index contributed by atoms with van der Waals surface area (Å²) < 4.78 is 0. The van der Waals surface area contributed by atoms with E-state index >= 15 is 0 Å². The Hall–Kier alpha value is -2.96. The number of pyridine rings is 2. The summed E-state index contributed by atoms with van der Waals surface area (Å²) in [6.45, 7) is 0.806. The minimum Gasteiger partial charge on any atom is -0.397 e. The second kappa shape index (κ2) is 6.89. The van der Waals surface area contributed by atoms with Gasteiger partial charge in [-0.25, -0.2) is 4.98 Å². The number of rotatable bonds is 3. The largest absolute Gasteiger partial charge is 0.397 e. The van der Waals surface area contributed by atoms with E-state index in [9.17, 15) is 5.11 Å². The standard InChI is InChI=1S/C22H20N4OS/c23-19-16-9-10-17(15-6-3-11-24-13-15)25-21(16)28-20(19)22(27)26-12-4-7-14-5-1-2-8-18(14)26/h1-3,5-6,8-11,13,22,27H,4,7,12,23H2. The third-order valence-corrected chi connectivity index (χ3v) is 6.41. The predicted octanol–water partition coefficient (Wildman–Crippen LogP) is 4.38. The molecule has 4 aromatic rings. The Morgan fingerprint density at radius 1 is 1.11 bits per heavy atom. The fourth-order valence-corrected chi connectivity index (χ4v) is 4.93. The lowest BCUT2D eigenvalue weighted by atomic mass is 10.0. The van der Waals surface area contributed by atoms with E-state index in [2.05, 4.69) is 17.1 Å². The zero-order chi connectivity index (χ0) is 19.1. The zero-order valence-electron chi connectivity index (χ0n) is 15.2. The molecule has 1 aromatic carbocycles. The van der Waals surface area contributed by atoms with Crippen molar-refractivity contribution in [1.82, 2.24) is 9.97 Å². The molecule has 5 nitrogen and oxygen atoms in total. The number of anilines is 2. The number of hydrogen-bond acceptors (Lipinski definition) is 6. The van der Waals surface area contributed by atoms with Crippen LogP contribution in [0.25, 0.3) is 21.5 Å². The number of benzene rings is 1. The van der Waals surface area contributed by atoms with E-state index in [4.69, 9.17) is 10.7 Å². The molecule has 1 aliphatic heterocycles. The minimum absolute atomic E-state index is 0.612. The van der Waals surface area contributed by atoms with Gasteiger partial charge in [0.2, 0.25) is 0 Å². The van der Waals surface area contributed by atoms with Crippen LogP contribution in [0, 0.1) is 0 Å². The van der Waals surface area contributed by atoms with Crippen LogP contribution in [-0.2, 0) is 6.42 Å². The number of nitrogens with zero attached hydrogens (tertiary/aromatic N) is 3. The number of aliphatic hydroxyl groups is 1. The van der Waals surface area contributed by atoms with Crippen molar-refractivity contribution in [2.24, 2.45) is 0 Å². The number of nitrogen functional groups attached to an aromatic ring is 1. The van der Waals surface area contributed by atoms with Gasteiger partial charge in [-0.05, 0) is 48.7 Å². The third-order valence-electron chi connectivity index (χ3n) is 5.26. The van der Waals surface area contributed by atoms with Gasteiger partial charge < -0.3 is 15.7 Å². The SMILES string of the molecule is Nc1c(C(O)N2CCCc3ccccc32)sc2nc(-c3cccnc3)ccc12. The molecule has 3 aromatic heterocycles. The molecule has 0 spiro atoms. The lowest BCUT2D eigenvalue weighted by Crippen LogP contribution is -2.33. The van der Waals surface area contributed by atoms with Crippen LogP contribution < -0.4 is 10.6 Å². The quantitative estimate of drug-likeness (QED) is 0.545. The van der Waals surface area contributed by atoms with Crippen LogP contribution in [0.3, 0.4) is 0 Å². The Labute approximate surface area is 167 Å². The van der Waals surface area contributed by atoms with Gasteiger partial charge in [-0.3, -0.25) is 4.98 Å². The predicted molar refractivity (Wildman–Crippen MR) is 114 cm³/mol. The van der Waals surface area contributed by atoms with Crippen LogP contribution in [0.15, 0.2) is 60.9 Å². The monoisotopic (exact) mass is 388 g/mol. The minimum atomic E-state index is -0.775. The number of hydrogen-bond donors (Lipinski definition) is 2. The molecule has 0 aliphatic carbocycles. The Morgan fingerprint density at radius 3 is 2.86 bits per heavy atom. The van der Waals surface area contributed by atoms with Gasteiger partial charge in [0.1, 0.15) is 4.83 Å². The summed E-state index contributed by atoms with van der Waals surface area (Å²) in [6.07, 6.45) is 4.82. The van der Waals surface area contributed by atoms with E-state index < -0.39 is 6.23 Å². The van der Waals surface area contributed by atoms with Crippen molar-refractivity contribution in [1.29, 1.82) is 0 Å². The highest BCUT2D eigenvalue weighted by Gasteiger charge is 2.27. The van der Waals surface area contributed by atoms with Crippen LogP contribution in [0.5, 0.6) is 0 Å². The molecule has 0 fully saturated rings. The van der Waals surface area contributed by atoms with Gasteiger partial charge in [0.05, 0.1) is 16.3 Å². The average molecular weight is 388 g/mol. The van der Waals surface area contributed by atoms with Crippen LogP contribution in [0.1, 0.15) is 23.1 Å².